The maximum absolute atomic E-state index is 14.0. The van der Waals surface area contributed by atoms with Crippen LogP contribution in [0.5, 0.6) is 0 Å². The van der Waals surface area contributed by atoms with Crippen LogP contribution in [0, 0.1) is 12.3 Å². The first-order valence-corrected chi connectivity index (χ1v) is 11.7. The molecule has 162 valence electrons. The zero-order chi connectivity index (χ0) is 21.4. The summed E-state index contributed by atoms with van der Waals surface area (Å²) >= 11 is 1.65. The molecule has 2 fully saturated rings. The van der Waals surface area contributed by atoms with Crippen molar-refractivity contribution in [2.24, 2.45) is 12.5 Å². The molecule has 0 aliphatic carbocycles. The Morgan fingerprint density at radius 1 is 1.19 bits per heavy atom. The van der Waals surface area contributed by atoms with E-state index in [2.05, 4.69) is 43.5 Å². The lowest BCUT2D eigenvalue weighted by Gasteiger charge is -2.42. The molecular formula is C23H28N6OS. The molecule has 0 radical (unpaired) electrons. The number of amides is 1. The summed E-state index contributed by atoms with van der Waals surface area (Å²) in [5, 5.41) is 7.54. The van der Waals surface area contributed by atoms with Crippen LogP contribution < -0.4 is 0 Å². The van der Waals surface area contributed by atoms with E-state index in [0.717, 1.165) is 55.4 Å². The first-order chi connectivity index (χ1) is 15.0. The number of carbonyl (C=O) groups excluding carboxylic acids is 1. The third-order valence-corrected chi connectivity index (χ3v) is 7.59. The van der Waals surface area contributed by atoms with Gasteiger partial charge in [0.05, 0.1) is 22.7 Å². The van der Waals surface area contributed by atoms with Gasteiger partial charge in [-0.3, -0.25) is 19.4 Å². The second kappa shape index (κ2) is 8.16. The first-order valence-electron chi connectivity index (χ1n) is 10.8. The zero-order valence-corrected chi connectivity index (χ0v) is 18.9. The van der Waals surface area contributed by atoms with Crippen molar-refractivity contribution >= 4 is 17.2 Å². The molecule has 31 heavy (non-hydrogen) atoms. The van der Waals surface area contributed by atoms with E-state index in [9.17, 15) is 4.79 Å². The number of aryl methyl sites for hydroxylation is 2. The second-order valence-electron chi connectivity index (χ2n) is 8.80. The Morgan fingerprint density at radius 2 is 2.03 bits per heavy atom. The van der Waals surface area contributed by atoms with E-state index in [1.807, 2.05) is 42.1 Å². The fraction of sp³-hybridized carbons (Fsp3) is 0.478. The highest BCUT2D eigenvalue weighted by atomic mass is 32.1. The summed E-state index contributed by atoms with van der Waals surface area (Å²) in [6, 6.07) is 6.20. The van der Waals surface area contributed by atoms with Gasteiger partial charge in [-0.15, -0.1) is 11.3 Å². The van der Waals surface area contributed by atoms with E-state index in [0.29, 0.717) is 6.54 Å². The molecule has 0 unspecified atom stereocenters. The number of rotatable bonds is 5. The molecular weight excluding hydrogens is 408 g/mol. The minimum atomic E-state index is -0.413. The zero-order valence-electron chi connectivity index (χ0n) is 18.1. The Labute approximate surface area is 186 Å². The Hall–Kier alpha value is -2.58. The number of thiazole rings is 1. The van der Waals surface area contributed by atoms with Crippen molar-refractivity contribution < 1.29 is 4.79 Å². The van der Waals surface area contributed by atoms with Crippen molar-refractivity contribution in [2.45, 2.75) is 38.8 Å². The summed E-state index contributed by atoms with van der Waals surface area (Å²) in [6.45, 7) is 5.89. The minimum absolute atomic E-state index is 0.134. The van der Waals surface area contributed by atoms with Crippen LogP contribution >= 0.6 is 11.3 Å². The first kappa shape index (κ1) is 20.3. The molecule has 3 aromatic heterocycles. The fourth-order valence-electron chi connectivity index (χ4n) is 5.38. The quantitative estimate of drug-likeness (QED) is 0.615. The number of aromatic nitrogens is 4. The number of hydrogen-bond acceptors (Lipinski definition) is 6. The van der Waals surface area contributed by atoms with Gasteiger partial charge >= 0.3 is 0 Å². The van der Waals surface area contributed by atoms with Gasteiger partial charge in [-0.05, 0) is 43.5 Å². The van der Waals surface area contributed by atoms with E-state index < -0.39 is 5.41 Å². The molecule has 5 rings (SSSR count). The van der Waals surface area contributed by atoms with E-state index in [-0.39, 0.29) is 11.8 Å². The Kier molecular flexibility index (Phi) is 5.35. The summed E-state index contributed by atoms with van der Waals surface area (Å²) in [6.07, 6.45) is 7.46. The highest BCUT2D eigenvalue weighted by molar-refractivity contribution is 7.09. The topological polar surface area (TPSA) is 67.2 Å². The van der Waals surface area contributed by atoms with E-state index in [1.165, 1.54) is 5.56 Å². The highest BCUT2D eigenvalue weighted by Crippen LogP contribution is 2.49. The van der Waals surface area contributed by atoms with Gasteiger partial charge in [0.25, 0.3) is 0 Å². The molecule has 0 N–H and O–H groups in total. The second-order valence-corrected chi connectivity index (χ2v) is 9.86. The number of likely N-dealkylation sites (tertiary alicyclic amines) is 2. The Morgan fingerprint density at radius 3 is 2.74 bits per heavy atom. The number of pyridine rings is 1. The molecule has 3 aromatic rings. The van der Waals surface area contributed by atoms with Crippen LogP contribution in [0.1, 0.15) is 40.7 Å². The van der Waals surface area contributed by atoms with Crippen molar-refractivity contribution in [3.63, 3.8) is 0 Å². The molecule has 5 heterocycles. The number of piperidine rings is 1. The highest BCUT2D eigenvalue weighted by Gasteiger charge is 2.55. The number of hydrogen-bond donors (Lipinski definition) is 0. The molecule has 7 nitrogen and oxygen atoms in total. The van der Waals surface area contributed by atoms with Gasteiger partial charge in [-0.25, -0.2) is 4.98 Å². The van der Waals surface area contributed by atoms with Gasteiger partial charge in [-0.2, -0.15) is 5.10 Å². The Bertz CT molecular complexity index is 1060. The predicted octanol–water partition coefficient (Wildman–Crippen LogP) is 2.99. The number of nitrogens with zero attached hydrogens (tertiary/aromatic N) is 6. The van der Waals surface area contributed by atoms with E-state index >= 15 is 0 Å². The van der Waals surface area contributed by atoms with Crippen molar-refractivity contribution in [2.75, 3.05) is 19.6 Å². The molecule has 0 aromatic carbocycles. The van der Waals surface area contributed by atoms with Crippen molar-refractivity contribution in [1.82, 2.24) is 29.5 Å². The monoisotopic (exact) mass is 436 g/mol. The minimum Gasteiger partial charge on any atom is -0.336 e. The van der Waals surface area contributed by atoms with Crippen molar-refractivity contribution in [3.05, 3.63) is 64.1 Å². The summed E-state index contributed by atoms with van der Waals surface area (Å²) in [5.74, 6) is 0.405. The molecule has 2 atom stereocenters. The summed E-state index contributed by atoms with van der Waals surface area (Å²) < 4.78 is 1.94. The van der Waals surface area contributed by atoms with Crippen LogP contribution in [0.2, 0.25) is 0 Å². The molecule has 2 saturated heterocycles. The largest absolute Gasteiger partial charge is 0.336 e. The molecule has 8 heteroatoms. The van der Waals surface area contributed by atoms with E-state index in [4.69, 9.17) is 0 Å². The number of carbonyl (C=O) groups is 1. The van der Waals surface area contributed by atoms with Crippen LogP contribution in [0.3, 0.4) is 0 Å². The van der Waals surface area contributed by atoms with Crippen molar-refractivity contribution in [1.29, 1.82) is 0 Å². The average molecular weight is 437 g/mol. The van der Waals surface area contributed by atoms with Crippen LogP contribution in [0.25, 0.3) is 0 Å². The van der Waals surface area contributed by atoms with Gasteiger partial charge in [0, 0.05) is 68.8 Å². The third kappa shape index (κ3) is 3.78. The standard InChI is InChI=1S/C23H28N6OS/c1-17-26-19(15-31-17)13-29-11-3-7-23(22(29)30)16-28(12-18-4-8-24-9-5-18)14-20(23)21-6-10-25-27(21)2/h4-6,8-10,15,20H,3,7,11-14,16H2,1-2H3/t20-,23+/m0/s1. The lowest BCUT2D eigenvalue weighted by molar-refractivity contribution is -0.147. The molecule has 1 spiro atoms. The third-order valence-electron chi connectivity index (χ3n) is 6.77. The summed E-state index contributed by atoms with van der Waals surface area (Å²) in [7, 11) is 1.98. The van der Waals surface area contributed by atoms with Crippen LogP contribution in [0.4, 0.5) is 0 Å². The van der Waals surface area contributed by atoms with Crippen LogP contribution in [-0.2, 0) is 24.9 Å². The van der Waals surface area contributed by atoms with Gasteiger partial charge in [0.15, 0.2) is 0 Å². The summed E-state index contributed by atoms with van der Waals surface area (Å²) in [4.78, 5) is 27.2. The molecule has 1 amide bonds. The van der Waals surface area contributed by atoms with Gasteiger partial charge < -0.3 is 4.90 Å². The maximum Gasteiger partial charge on any atom is 0.231 e. The molecule has 0 bridgehead atoms. The SMILES string of the molecule is Cc1nc(CN2CCC[C@]3(CN(Cc4ccncc4)C[C@H]3c3ccnn3C)C2=O)cs1. The lowest BCUT2D eigenvalue weighted by atomic mass is 9.70. The van der Waals surface area contributed by atoms with E-state index in [1.54, 1.807) is 11.3 Å². The molecule has 0 saturated carbocycles. The smallest absolute Gasteiger partial charge is 0.231 e. The maximum atomic E-state index is 14.0. The predicted molar refractivity (Wildman–Crippen MR) is 119 cm³/mol. The Balaban J connectivity index is 1.45. The van der Waals surface area contributed by atoms with Gasteiger partial charge in [-0.1, -0.05) is 0 Å². The fourth-order valence-corrected chi connectivity index (χ4v) is 5.99. The molecule has 2 aliphatic heterocycles. The van der Waals surface area contributed by atoms with Crippen LogP contribution in [-0.4, -0.2) is 55.1 Å². The average Bonchev–Trinajstić information content (AvgIpc) is 3.46. The normalized spacial score (nSPS) is 24.4. The van der Waals surface area contributed by atoms with Crippen LogP contribution in [0.15, 0.2) is 42.2 Å². The van der Waals surface area contributed by atoms with Crippen molar-refractivity contribution in [3.8, 4) is 0 Å². The summed E-state index contributed by atoms with van der Waals surface area (Å²) in [5.41, 5.74) is 2.96. The lowest BCUT2D eigenvalue weighted by Crippen LogP contribution is -2.52. The molecule has 2 aliphatic rings. The van der Waals surface area contributed by atoms with Gasteiger partial charge in [0.2, 0.25) is 5.91 Å². The van der Waals surface area contributed by atoms with Gasteiger partial charge in [0.1, 0.15) is 0 Å².